The van der Waals surface area contributed by atoms with Crippen LogP contribution in [0.25, 0.3) is 0 Å². The number of rotatable bonds is 6. The van der Waals surface area contributed by atoms with Gasteiger partial charge in [-0.15, -0.1) is 11.3 Å². The van der Waals surface area contributed by atoms with Crippen LogP contribution >= 0.6 is 11.3 Å². The van der Waals surface area contributed by atoms with Crippen molar-refractivity contribution in [3.8, 4) is 0 Å². The Morgan fingerprint density at radius 2 is 2.28 bits per heavy atom. The van der Waals surface area contributed by atoms with E-state index in [9.17, 15) is 9.59 Å². The Balaban J connectivity index is 1.65. The highest BCUT2D eigenvalue weighted by atomic mass is 32.1. The molecule has 0 radical (unpaired) electrons. The van der Waals surface area contributed by atoms with Gasteiger partial charge < -0.3 is 10.2 Å². The SMILES string of the molecule is CC(=O)NCc1cc([C@@H]2CCCN2C(=O)CCc2cccs2)ccn1. The molecule has 2 amide bonds. The molecule has 0 aliphatic carbocycles. The zero-order valence-electron chi connectivity index (χ0n) is 14.4. The van der Waals surface area contributed by atoms with E-state index >= 15 is 0 Å². The third-order valence-corrected chi connectivity index (χ3v) is 5.42. The van der Waals surface area contributed by atoms with Crippen molar-refractivity contribution in [1.29, 1.82) is 0 Å². The fourth-order valence-electron chi connectivity index (χ4n) is 3.26. The van der Waals surface area contributed by atoms with Crippen molar-refractivity contribution in [3.63, 3.8) is 0 Å². The number of pyridine rings is 1. The summed E-state index contributed by atoms with van der Waals surface area (Å²) < 4.78 is 0. The number of hydrogen-bond donors (Lipinski definition) is 1. The second-order valence-electron chi connectivity index (χ2n) is 6.31. The molecule has 132 valence electrons. The van der Waals surface area contributed by atoms with E-state index in [2.05, 4.69) is 16.4 Å². The van der Waals surface area contributed by atoms with Gasteiger partial charge in [0.2, 0.25) is 11.8 Å². The minimum atomic E-state index is -0.0709. The zero-order chi connectivity index (χ0) is 17.6. The summed E-state index contributed by atoms with van der Waals surface area (Å²) in [6.45, 7) is 2.73. The summed E-state index contributed by atoms with van der Waals surface area (Å²) in [6.07, 6.45) is 5.14. The molecular weight excluding hydrogens is 334 g/mol. The van der Waals surface area contributed by atoms with E-state index in [1.54, 1.807) is 17.5 Å². The fourth-order valence-corrected chi connectivity index (χ4v) is 3.97. The maximum atomic E-state index is 12.7. The number of nitrogens with zero attached hydrogens (tertiary/aromatic N) is 2. The molecule has 2 aromatic rings. The maximum Gasteiger partial charge on any atom is 0.223 e. The molecule has 6 heteroatoms. The monoisotopic (exact) mass is 357 g/mol. The number of carbonyl (C=O) groups is 2. The predicted octanol–water partition coefficient (Wildman–Crippen LogP) is 3.08. The van der Waals surface area contributed by atoms with E-state index in [0.29, 0.717) is 13.0 Å². The summed E-state index contributed by atoms with van der Waals surface area (Å²) in [4.78, 5) is 31.3. The smallest absolute Gasteiger partial charge is 0.223 e. The maximum absolute atomic E-state index is 12.7. The largest absolute Gasteiger partial charge is 0.351 e. The molecule has 5 nitrogen and oxygen atoms in total. The van der Waals surface area contributed by atoms with E-state index in [0.717, 1.165) is 37.1 Å². The topological polar surface area (TPSA) is 62.3 Å². The molecule has 1 saturated heterocycles. The number of amides is 2. The molecule has 0 aromatic carbocycles. The average molecular weight is 357 g/mol. The first-order valence-electron chi connectivity index (χ1n) is 8.64. The predicted molar refractivity (Wildman–Crippen MR) is 98.1 cm³/mol. The third-order valence-electron chi connectivity index (χ3n) is 4.48. The van der Waals surface area contributed by atoms with Crippen LogP contribution in [0.3, 0.4) is 0 Å². The summed E-state index contributed by atoms with van der Waals surface area (Å²) in [7, 11) is 0. The van der Waals surface area contributed by atoms with Crippen LogP contribution in [0.5, 0.6) is 0 Å². The Labute approximate surface area is 152 Å². The van der Waals surface area contributed by atoms with Crippen LogP contribution < -0.4 is 5.32 Å². The molecule has 1 aliphatic rings. The minimum Gasteiger partial charge on any atom is -0.351 e. The molecule has 0 bridgehead atoms. The summed E-state index contributed by atoms with van der Waals surface area (Å²) >= 11 is 1.70. The lowest BCUT2D eigenvalue weighted by Crippen LogP contribution is -2.30. The van der Waals surface area contributed by atoms with Gasteiger partial charge >= 0.3 is 0 Å². The van der Waals surface area contributed by atoms with Gasteiger partial charge in [-0.3, -0.25) is 14.6 Å². The molecule has 2 aromatic heterocycles. The molecule has 0 saturated carbocycles. The highest BCUT2D eigenvalue weighted by Gasteiger charge is 2.29. The Bertz CT molecular complexity index is 730. The normalized spacial score (nSPS) is 16.8. The number of thiophene rings is 1. The van der Waals surface area contributed by atoms with Gasteiger partial charge in [0, 0.05) is 31.0 Å². The molecule has 1 N–H and O–H groups in total. The summed E-state index contributed by atoms with van der Waals surface area (Å²) in [5.41, 5.74) is 1.93. The highest BCUT2D eigenvalue weighted by molar-refractivity contribution is 7.09. The van der Waals surface area contributed by atoms with E-state index in [-0.39, 0.29) is 17.9 Å². The first-order valence-corrected chi connectivity index (χ1v) is 9.52. The summed E-state index contributed by atoms with van der Waals surface area (Å²) in [5.74, 6) is 0.148. The highest BCUT2D eigenvalue weighted by Crippen LogP contribution is 2.32. The summed E-state index contributed by atoms with van der Waals surface area (Å²) in [5, 5.41) is 4.82. The van der Waals surface area contributed by atoms with E-state index < -0.39 is 0 Å². The van der Waals surface area contributed by atoms with Crippen LogP contribution in [0, 0.1) is 0 Å². The Hall–Kier alpha value is -2.21. The Morgan fingerprint density at radius 1 is 1.40 bits per heavy atom. The van der Waals surface area contributed by atoms with Crippen molar-refractivity contribution in [2.24, 2.45) is 0 Å². The van der Waals surface area contributed by atoms with Crippen LogP contribution in [0.2, 0.25) is 0 Å². The number of nitrogens with one attached hydrogen (secondary N) is 1. The first kappa shape index (κ1) is 17.6. The van der Waals surface area contributed by atoms with Crippen LogP contribution in [0.4, 0.5) is 0 Å². The van der Waals surface area contributed by atoms with Gasteiger partial charge in [-0.25, -0.2) is 0 Å². The van der Waals surface area contributed by atoms with Gasteiger partial charge in [-0.2, -0.15) is 0 Å². The van der Waals surface area contributed by atoms with Crippen molar-refractivity contribution in [1.82, 2.24) is 15.2 Å². The second-order valence-corrected chi connectivity index (χ2v) is 7.35. The van der Waals surface area contributed by atoms with Crippen LogP contribution in [0.15, 0.2) is 35.8 Å². The third kappa shape index (κ3) is 4.66. The Kier molecular flexibility index (Phi) is 5.81. The van der Waals surface area contributed by atoms with Crippen LogP contribution in [0.1, 0.15) is 48.4 Å². The minimum absolute atomic E-state index is 0.0709. The van der Waals surface area contributed by atoms with Gasteiger partial charge in [-0.1, -0.05) is 6.07 Å². The van der Waals surface area contributed by atoms with Crippen molar-refractivity contribution in [3.05, 3.63) is 52.0 Å². The molecule has 0 spiro atoms. The fraction of sp³-hybridized carbons (Fsp3) is 0.421. The summed E-state index contributed by atoms with van der Waals surface area (Å²) in [6, 6.07) is 8.21. The molecule has 0 unspecified atom stereocenters. The second kappa shape index (κ2) is 8.25. The first-order chi connectivity index (χ1) is 12.1. The van der Waals surface area contributed by atoms with E-state index in [4.69, 9.17) is 0 Å². The van der Waals surface area contributed by atoms with Gasteiger partial charge in [0.25, 0.3) is 0 Å². The number of hydrogen-bond acceptors (Lipinski definition) is 4. The standard InChI is InChI=1S/C19H23N3O2S/c1-14(23)21-13-16-12-15(8-9-20-16)18-5-2-10-22(18)19(24)7-6-17-4-3-11-25-17/h3-4,8-9,11-12,18H,2,5-7,10,13H2,1H3,(H,21,23)/t18-/m0/s1. The van der Waals surface area contributed by atoms with Gasteiger partial charge in [-0.05, 0) is 48.4 Å². The quantitative estimate of drug-likeness (QED) is 0.864. The Morgan fingerprint density at radius 3 is 3.04 bits per heavy atom. The number of carbonyl (C=O) groups excluding carboxylic acids is 2. The zero-order valence-corrected chi connectivity index (χ0v) is 15.2. The molecule has 3 heterocycles. The number of aryl methyl sites for hydroxylation is 1. The molecule has 1 aliphatic heterocycles. The molecule has 25 heavy (non-hydrogen) atoms. The number of aromatic nitrogens is 1. The molecule has 1 fully saturated rings. The van der Waals surface area contributed by atoms with Crippen molar-refractivity contribution >= 4 is 23.2 Å². The van der Waals surface area contributed by atoms with Crippen LogP contribution in [-0.2, 0) is 22.6 Å². The van der Waals surface area contributed by atoms with Gasteiger partial charge in [0.05, 0.1) is 18.3 Å². The lowest BCUT2D eigenvalue weighted by molar-refractivity contribution is -0.132. The molecule has 3 rings (SSSR count). The molecular formula is C19H23N3O2S. The van der Waals surface area contributed by atoms with E-state index in [1.165, 1.54) is 11.8 Å². The molecule has 1 atom stereocenters. The average Bonchev–Trinajstić information content (AvgIpc) is 3.29. The lowest BCUT2D eigenvalue weighted by Gasteiger charge is -2.25. The lowest BCUT2D eigenvalue weighted by atomic mass is 10.0. The number of likely N-dealkylation sites (tertiary alicyclic amines) is 1. The van der Waals surface area contributed by atoms with Crippen molar-refractivity contribution in [2.75, 3.05) is 6.54 Å². The van der Waals surface area contributed by atoms with E-state index in [1.807, 2.05) is 28.5 Å². The van der Waals surface area contributed by atoms with Gasteiger partial charge in [0.15, 0.2) is 0 Å². The van der Waals surface area contributed by atoms with Crippen LogP contribution in [-0.4, -0.2) is 28.2 Å². The van der Waals surface area contributed by atoms with Crippen molar-refractivity contribution < 1.29 is 9.59 Å². The van der Waals surface area contributed by atoms with Gasteiger partial charge in [0.1, 0.15) is 0 Å². The van der Waals surface area contributed by atoms with Crippen molar-refractivity contribution in [2.45, 2.75) is 45.2 Å².